The van der Waals surface area contributed by atoms with Crippen molar-refractivity contribution in [1.82, 2.24) is 10.4 Å². The zero-order valence-electron chi connectivity index (χ0n) is 21.3. The van der Waals surface area contributed by atoms with Gasteiger partial charge in [0, 0.05) is 10.9 Å². The van der Waals surface area contributed by atoms with Gasteiger partial charge in [-0.15, -0.1) is 0 Å². The maximum Gasteiger partial charge on any atom is 0.272 e. The van der Waals surface area contributed by atoms with E-state index in [4.69, 9.17) is 16.6 Å². The number of amides is 1. The molecule has 3 aromatic carbocycles. The Morgan fingerprint density at radius 1 is 1.00 bits per heavy atom. The summed E-state index contributed by atoms with van der Waals surface area (Å²) in [4.78, 5) is 18.2. The van der Waals surface area contributed by atoms with Crippen LogP contribution < -0.4 is 5.43 Å². The van der Waals surface area contributed by atoms with Gasteiger partial charge >= 0.3 is 0 Å². The molecule has 0 spiro atoms. The molecule has 4 nitrogen and oxygen atoms in total. The number of fused-ring (bicyclic) bond motifs is 1. The van der Waals surface area contributed by atoms with Crippen LogP contribution in [0.4, 0.5) is 0 Å². The van der Waals surface area contributed by atoms with Crippen LogP contribution in [-0.4, -0.2) is 16.6 Å². The second-order valence-electron chi connectivity index (χ2n) is 9.03. The van der Waals surface area contributed by atoms with Crippen molar-refractivity contribution in [2.75, 3.05) is 0 Å². The van der Waals surface area contributed by atoms with Crippen LogP contribution in [0.5, 0.6) is 0 Å². The minimum Gasteiger partial charge on any atom is -0.267 e. The number of carbonyl (C=O) groups is 1. The Balaban J connectivity index is 1.68. The number of benzene rings is 3. The van der Waals surface area contributed by atoms with Gasteiger partial charge in [0.25, 0.3) is 5.91 Å². The number of pyridine rings is 1. The lowest BCUT2D eigenvalue weighted by atomic mass is 9.96. The second kappa shape index (κ2) is 11.5. The number of para-hydroxylation sites is 1. The number of rotatable bonds is 8. The third-order valence-electron chi connectivity index (χ3n) is 6.75. The molecule has 1 atom stereocenters. The van der Waals surface area contributed by atoms with Crippen molar-refractivity contribution in [2.45, 2.75) is 52.9 Å². The molecule has 0 radical (unpaired) electrons. The Morgan fingerprint density at radius 3 is 2.36 bits per heavy atom. The maximum atomic E-state index is 13.4. The van der Waals surface area contributed by atoms with Gasteiger partial charge in [0.1, 0.15) is 0 Å². The normalized spacial score (nSPS) is 12.5. The first kappa shape index (κ1) is 25.6. The first-order valence-electron chi connectivity index (χ1n) is 12.6. The number of hydrazone groups is 1. The quantitative estimate of drug-likeness (QED) is 0.197. The fourth-order valence-corrected chi connectivity index (χ4v) is 4.44. The Bertz CT molecular complexity index is 1390. The molecule has 36 heavy (non-hydrogen) atoms. The average Bonchev–Trinajstić information content (AvgIpc) is 2.93. The average molecular weight is 498 g/mol. The summed E-state index contributed by atoms with van der Waals surface area (Å²) < 4.78 is 0. The van der Waals surface area contributed by atoms with Crippen molar-refractivity contribution in [2.24, 2.45) is 5.10 Å². The number of carbonyl (C=O) groups excluding carboxylic acids is 1. The van der Waals surface area contributed by atoms with E-state index in [1.54, 1.807) is 6.07 Å². The molecule has 0 aliphatic rings. The fourth-order valence-electron chi connectivity index (χ4n) is 4.23. The molecule has 184 valence electrons. The highest BCUT2D eigenvalue weighted by Gasteiger charge is 2.16. The molecule has 1 unspecified atom stereocenters. The summed E-state index contributed by atoms with van der Waals surface area (Å²) in [5.74, 6) is 0.221. The molecule has 5 heteroatoms. The number of nitrogens with one attached hydrogen (secondary N) is 1. The van der Waals surface area contributed by atoms with E-state index in [-0.39, 0.29) is 5.91 Å². The van der Waals surface area contributed by atoms with Crippen LogP contribution in [0.2, 0.25) is 5.02 Å². The standard InChI is InChI=1S/C31H32ClN3O/c1-5-20(4)22-15-17-23(18-16-22)28(7-3)34-35-31(36)26-19-29(24-13-11-21(6-2)12-14-24)33-30-25(26)9-8-10-27(30)32/h8-20H,5-7H2,1-4H3,(H,35,36)/b34-28+. The number of nitrogens with zero attached hydrogens (tertiary/aromatic N) is 2. The van der Waals surface area contributed by atoms with E-state index >= 15 is 0 Å². The number of aromatic nitrogens is 1. The smallest absolute Gasteiger partial charge is 0.267 e. The van der Waals surface area contributed by atoms with Crippen molar-refractivity contribution in [3.8, 4) is 11.3 Å². The molecule has 1 N–H and O–H groups in total. The summed E-state index contributed by atoms with van der Waals surface area (Å²) in [6.45, 7) is 8.57. The molecule has 0 bridgehead atoms. The molecular formula is C31H32ClN3O. The van der Waals surface area contributed by atoms with Crippen LogP contribution in [0.3, 0.4) is 0 Å². The van der Waals surface area contributed by atoms with E-state index in [1.807, 2.05) is 37.3 Å². The first-order valence-corrected chi connectivity index (χ1v) is 13.0. The molecule has 4 aromatic rings. The van der Waals surface area contributed by atoms with Gasteiger partial charge in [-0.3, -0.25) is 4.79 Å². The fraction of sp³-hybridized carbons (Fsp3) is 0.258. The topological polar surface area (TPSA) is 54.4 Å². The summed E-state index contributed by atoms with van der Waals surface area (Å²) in [5.41, 5.74) is 9.88. The second-order valence-corrected chi connectivity index (χ2v) is 9.43. The maximum absolute atomic E-state index is 13.4. The van der Waals surface area contributed by atoms with E-state index in [2.05, 4.69) is 67.7 Å². The van der Waals surface area contributed by atoms with Crippen molar-refractivity contribution in [1.29, 1.82) is 0 Å². The van der Waals surface area contributed by atoms with Crippen molar-refractivity contribution < 1.29 is 4.79 Å². The predicted molar refractivity (Wildman–Crippen MR) is 151 cm³/mol. The Morgan fingerprint density at radius 2 is 1.72 bits per heavy atom. The van der Waals surface area contributed by atoms with Crippen LogP contribution in [0.15, 0.2) is 77.9 Å². The largest absolute Gasteiger partial charge is 0.272 e. The van der Waals surface area contributed by atoms with Gasteiger partial charge < -0.3 is 0 Å². The van der Waals surface area contributed by atoms with E-state index in [9.17, 15) is 4.79 Å². The third-order valence-corrected chi connectivity index (χ3v) is 7.05. The molecule has 1 heterocycles. The van der Waals surface area contributed by atoms with Gasteiger partial charge in [0.05, 0.1) is 27.5 Å². The molecular weight excluding hydrogens is 466 g/mol. The predicted octanol–water partition coefficient (Wildman–Crippen LogP) is 8.18. The first-order chi connectivity index (χ1) is 17.4. The SMILES string of the molecule is CC/C(=N\NC(=O)c1cc(-c2ccc(CC)cc2)nc2c(Cl)cccc12)c1ccc(C(C)CC)cc1. The van der Waals surface area contributed by atoms with Gasteiger partial charge in [0.2, 0.25) is 0 Å². The Labute approximate surface area is 218 Å². The van der Waals surface area contributed by atoms with E-state index in [1.165, 1.54) is 11.1 Å². The summed E-state index contributed by atoms with van der Waals surface area (Å²) in [6, 6.07) is 24.0. The zero-order valence-corrected chi connectivity index (χ0v) is 22.1. The van der Waals surface area contributed by atoms with Gasteiger partial charge in [-0.25, -0.2) is 10.4 Å². The van der Waals surface area contributed by atoms with Crippen molar-refractivity contribution in [3.05, 3.63) is 100 Å². The molecule has 0 saturated carbocycles. The lowest BCUT2D eigenvalue weighted by Crippen LogP contribution is -2.20. The van der Waals surface area contributed by atoms with E-state index < -0.39 is 0 Å². The summed E-state index contributed by atoms with van der Waals surface area (Å²) in [7, 11) is 0. The van der Waals surface area contributed by atoms with Crippen molar-refractivity contribution in [3.63, 3.8) is 0 Å². The summed E-state index contributed by atoms with van der Waals surface area (Å²) in [5, 5.41) is 5.70. The Kier molecular flexibility index (Phi) is 8.17. The lowest BCUT2D eigenvalue weighted by Gasteiger charge is -2.12. The Hall–Kier alpha value is -3.50. The van der Waals surface area contributed by atoms with Crippen LogP contribution in [0.1, 0.15) is 73.5 Å². The lowest BCUT2D eigenvalue weighted by molar-refractivity contribution is 0.0956. The highest BCUT2D eigenvalue weighted by molar-refractivity contribution is 6.35. The number of hydrogen-bond donors (Lipinski definition) is 1. The molecule has 0 fully saturated rings. The highest BCUT2D eigenvalue weighted by atomic mass is 35.5. The minimum absolute atomic E-state index is 0.293. The van der Waals surface area contributed by atoms with Crippen LogP contribution in [-0.2, 0) is 6.42 Å². The third kappa shape index (κ3) is 5.50. The molecule has 4 rings (SSSR count). The molecule has 0 aliphatic carbocycles. The van der Waals surface area contributed by atoms with E-state index in [0.29, 0.717) is 39.5 Å². The van der Waals surface area contributed by atoms with Crippen LogP contribution >= 0.6 is 11.6 Å². The molecule has 0 saturated heterocycles. The minimum atomic E-state index is -0.293. The molecule has 0 aliphatic heterocycles. The zero-order chi connectivity index (χ0) is 25.7. The van der Waals surface area contributed by atoms with Crippen molar-refractivity contribution >= 4 is 34.1 Å². The summed E-state index contributed by atoms with van der Waals surface area (Å²) >= 11 is 6.49. The van der Waals surface area contributed by atoms with Gasteiger partial charge in [-0.1, -0.05) is 100.0 Å². The monoisotopic (exact) mass is 497 g/mol. The van der Waals surface area contributed by atoms with Crippen LogP contribution in [0.25, 0.3) is 22.2 Å². The summed E-state index contributed by atoms with van der Waals surface area (Å²) in [6.07, 6.45) is 2.75. The highest BCUT2D eigenvalue weighted by Crippen LogP contribution is 2.29. The van der Waals surface area contributed by atoms with E-state index in [0.717, 1.165) is 29.7 Å². The number of aryl methyl sites for hydroxylation is 1. The van der Waals surface area contributed by atoms with Gasteiger partial charge in [-0.2, -0.15) is 5.10 Å². The number of halogens is 1. The molecule has 1 aromatic heterocycles. The molecule has 1 amide bonds. The van der Waals surface area contributed by atoms with Gasteiger partial charge in [0.15, 0.2) is 0 Å². The number of hydrogen-bond acceptors (Lipinski definition) is 3. The van der Waals surface area contributed by atoms with Crippen LogP contribution in [0, 0.1) is 0 Å². The van der Waals surface area contributed by atoms with Gasteiger partial charge in [-0.05, 0) is 54.0 Å².